The van der Waals surface area contributed by atoms with E-state index in [4.69, 9.17) is 5.73 Å². The Morgan fingerprint density at radius 3 is 1.67 bits per heavy atom. The summed E-state index contributed by atoms with van der Waals surface area (Å²) in [5.41, 5.74) is 5.01. The quantitative estimate of drug-likeness (QED) is 0.559. The molecule has 2 N–H and O–H groups in total. The highest BCUT2D eigenvalue weighted by Crippen LogP contribution is 2.31. The zero-order valence-electron chi connectivity index (χ0n) is 5.05. The Labute approximate surface area is 59.0 Å². The van der Waals surface area contributed by atoms with E-state index in [1.807, 2.05) is 0 Å². The maximum absolute atomic E-state index is 12.2. The topological polar surface area (TPSA) is 26.0 Å². The predicted molar refractivity (Wildman–Crippen MR) is 34.2 cm³/mol. The molecular weight excluding hydrogens is 148 g/mol. The Hall–Kier alpha value is 0.110. The fraction of sp³-hybridized carbons (Fsp3) is 1.00. The molecule has 0 bridgehead atoms. The van der Waals surface area contributed by atoms with Gasteiger partial charge in [0.15, 0.2) is 0 Å². The lowest BCUT2D eigenvalue weighted by Gasteiger charge is -2.38. The summed E-state index contributed by atoms with van der Waals surface area (Å²) in [6, 6.07) is -0.856. The first kappa shape index (κ1) is 9.11. The number of nitrogens with two attached hydrogens (primary N) is 1. The molecule has 56 valence electrons. The van der Waals surface area contributed by atoms with E-state index in [-0.39, 0.29) is 12.4 Å². The van der Waals surface area contributed by atoms with E-state index in [1.54, 1.807) is 0 Å². The van der Waals surface area contributed by atoms with Gasteiger partial charge in [-0.3, -0.25) is 0 Å². The number of alkyl halides is 2. The minimum atomic E-state index is -1.12. The average Bonchev–Trinajstić information content (AvgIpc) is 1.83. The number of halogens is 3. The summed E-state index contributed by atoms with van der Waals surface area (Å²) in [6.07, 6.45) is -2.24. The molecule has 0 spiro atoms. The van der Waals surface area contributed by atoms with E-state index < -0.39 is 24.3 Å². The summed E-state index contributed by atoms with van der Waals surface area (Å²) in [5, 5.41) is 0. The summed E-state index contributed by atoms with van der Waals surface area (Å²) in [5.74, 6) is -0.481. The molecule has 1 aliphatic carbocycles. The van der Waals surface area contributed by atoms with Crippen molar-refractivity contribution in [1.82, 2.24) is 0 Å². The van der Waals surface area contributed by atoms with Crippen LogP contribution in [-0.4, -0.2) is 18.4 Å². The molecule has 9 heavy (non-hydrogen) atoms. The smallest absolute Gasteiger partial charge is 0.123 e. The summed E-state index contributed by atoms with van der Waals surface area (Å²) < 4.78 is 24.4. The lowest BCUT2D eigenvalue weighted by atomic mass is 9.78. The van der Waals surface area contributed by atoms with E-state index in [2.05, 4.69) is 0 Å². The molecule has 0 amide bonds. The van der Waals surface area contributed by atoms with Gasteiger partial charge in [-0.1, -0.05) is 6.92 Å². The van der Waals surface area contributed by atoms with Crippen molar-refractivity contribution in [3.05, 3.63) is 0 Å². The van der Waals surface area contributed by atoms with Crippen LogP contribution in [0.3, 0.4) is 0 Å². The van der Waals surface area contributed by atoms with Crippen LogP contribution < -0.4 is 5.73 Å². The molecule has 0 aromatic rings. The van der Waals surface area contributed by atoms with E-state index in [0.717, 1.165) is 0 Å². The van der Waals surface area contributed by atoms with E-state index >= 15 is 0 Å². The van der Waals surface area contributed by atoms with Gasteiger partial charge in [0, 0.05) is 5.92 Å². The third-order valence-electron chi connectivity index (χ3n) is 1.74. The molecule has 1 saturated carbocycles. The highest BCUT2D eigenvalue weighted by Gasteiger charge is 2.46. The summed E-state index contributed by atoms with van der Waals surface area (Å²) in [4.78, 5) is 0. The van der Waals surface area contributed by atoms with Gasteiger partial charge >= 0.3 is 0 Å². The van der Waals surface area contributed by atoms with Gasteiger partial charge in [-0.25, -0.2) is 8.78 Å². The van der Waals surface area contributed by atoms with Crippen molar-refractivity contribution >= 4 is 12.4 Å². The van der Waals surface area contributed by atoms with Gasteiger partial charge in [0.1, 0.15) is 12.3 Å². The first-order valence-electron chi connectivity index (χ1n) is 2.68. The molecular formula is C5H10ClF2N. The van der Waals surface area contributed by atoms with Crippen LogP contribution in [0.15, 0.2) is 0 Å². The van der Waals surface area contributed by atoms with Crippen molar-refractivity contribution in [2.75, 3.05) is 0 Å². The zero-order chi connectivity index (χ0) is 6.31. The van der Waals surface area contributed by atoms with Gasteiger partial charge < -0.3 is 5.73 Å². The van der Waals surface area contributed by atoms with Gasteiger partial charge in [0.25, 0.3) is 0 Å². The third kappa shape index (κ3) is 1.17. The predicted octanol–water partition coefficient (Wildman–Crippen LogP) is 1.06. The minimum absolute atomic E-state index is 0. The van der Waals surface area contributed by atoms with E-state index in [9.17, 15) is 8.78 Å². The number of hydrogen-bond donors (Lipinski definition) is 1. The SMILES string of the molecule is CC1C(F)C(N)C1F.Cl. The van der Waals surface area contributed by atoms with Gasteiger partial charge in [0.2, 0.25) is 0 Å². The van der Waals surface area contributed by atoms with Crippen molar-refractivity contribution in [3.63, 3.8) is 0 Å². The molecule has 2 atom stereocenters. The molecule has 0 aromatic heterocycles. The Bertz CT molecular complexity index is 69.0. The standard InChI is InChI=1S/C5H9F2N.ClH/c1-2-3(6)5(8)4(2)7;/h2-5H,8H2,1H3;1H. The molecule has 2 unspecified atom stereocenters. The largest absolute Gasteiger partial charge is 0.323 e. The van der Waals surface area contributed by atoms with Crippen molar-refractivity contribution in [2.24, 2.45) is 11.7 Å². The van der Waals surface area contributed by atoms with E-state index in [0.29, 0.717) is 0 Å². The molecule has 4 heteroatoms. The van der Waals surface area contributed by atoms with Crippen LogP contribution in [0.25, 0.3) is 0 Å². The second kappa shape index (κ2) is 2.80. The molecule has 1 fully saturated rings. The summed E-state index contributed by atoms with van der Waals surface area (Å²) in [7, 11) is 0. The van der Waals surface area contributed by atoms with Crippen molar-refractivity contribution < 1.29 is 8.78 Å². The van der Waals surface area contributed by atoms with Crippen LogP contribution in [0.2, 0.25) is 0 Å². The fourth-order valence-corrected chi connectivity index (χ4v) is 0.907. The van der Waals surface area contributed by atoms with Crippen LogP contribution in [0.1, 0.15) is 6.92 Å². The van der Waals surface area contributed by atoms with Crippen LogP contribution in [-0.2, 0) is 0 Å². The van der Waals surface area contributed by atoms with Gasteiger partial charge in [-0.05, 0) is 0 Å². The zero-order valence-corrected chi connectivity index (χ0v) is 5.87. The fourth-order valence-electron chi connectivity index (χ4n) is 0.907. The lowest BCUT2D eigenvalue weighted by molar-refractivity contribution is -0.00889. The second-order valence-electron chi connectivity index (χ2n) is 2.33. The van der Waals surface area contributed by atoms with E-state index in [1.165, 1.54) is 6.92 Å². The van der Waals surface area contributed by atoms with Crippen LogP contribution in [0.5, 0.6) is 0 Å². The van der Waals surface area contributed by atoms with Gasteiger partial charge in [-0.15, -0.1) is 12.4 Å². The van der Waals surface area contributed by atoms with Crippen LogP contribution >= 0.6 is 12.4 Å². The van der Waals surface area contributed by atoms with Crippen molar-refractivity contribution in [3.8, 4) is 0 Å². The molecule has 0 aromatic carbocycles. The first-order chi connectivity index (χ1) is 3.64. The molecule has 1 aliphatic rings. The van der Waals surface area contributed by atoms with Crippen LogP contribution in [0.4, 0.5) is 8.78 Å². The molecule has 0 heterocycles. The normalized spacial score (nSPS) is 49.3. The lowest BCUT2D eigenvalue weighted by Crippen LogP contribution is -2.58. The number of rotatable bonds is 0. The highest BCUT2D eigenvalue weighted by atomic mass is 35.5. The Morgan fingerprint density at radius 2 is 1.56 bits per heavy atom. The second-order valence-corrected chi connectivity index (χ2v) is 2.33. The first-order valence-corrected chi connectivity index (χ1v) is 2.68. The van der Waals surface area contributed by atoms with Crippen LogP contribution in [0, 0.1) is 5.92 Å². The molecule has 1 rings (SSSR count). The monoisotopic (exact) mass is 157 g/mol. The van der Waals surface area contributed by atoms with Gasteiger partial charge in [0.05, 0.1) is 6.04 Å². The molecule has 0 radical (unpaired) electrons. The highest BCUT2D eigenvalue weighted by molar-refractivity contribution is 5.85. The Kier molecular flexibility index (Phi) is 2.83. The average molecular weight is 158 g/mol. The molecule has 0 saturated heterocycles. The Balaban J connectivity index is 0.000000640. The van der Waals surface area contributed by atoms with Crippen molar-refractivity contribution in [2.45, 2.75) is 25.3 Å². The third-order valence-corrected chi connectivity index (χ3v) is 1.74. The molecule has 1 nitrogen and oxygen atoms in total. The molecule has 0 aliphatic heterocycles. The van der Waals surface area contributed by atoms with Gasteiger partial charge in [-0.2, -0.15) is 0 Å². The maximum Gasteiger partial charge on any atom is 0.123 e. The van der Waals surface area contributed by atoms with Crippen molar-refractivity contribution in [1.29, 1.82) is 0 Å². The summed E-state index contributed by atoms with van der Waals surface area (Å²) >= 11 is 0. The summed E-state index contributed by atoms with van der Waals surface area (Å²) in [6.45, 7) is 1.53. The number of hydrogen-bond acceptors (Lipinski definition) is 1. The minimum Gasteiger partial charge on any atom is -0.323 e. The Morgan fingerprint density at radius 1 is 1.22 bits per heavy atom. The maximum atomic E-state index is 12.2.